The lowest BCUT2D eigenvalue weighted by atomic mass is 10.1. The average molecular weight is 411 g/mol. The van der Waals surface area contributed by atoms with Gasteiger partial charge in [-0.05, 0) is 17.0 Å². The molecule has 0 radical (unpaired) electrons. The molecule has 1 amide bonds. The highest BCUT2D eigenvalue weighted by Gasteiger charge is 2.16. The number of carbonyl (C=O) groups is 1. The summed E-state index contributed by atoms with van der Waals surface area (Å²) < 4.78 is 25.5. The number of sulfone groups is 1. The summed E-state index contributed by atoms with van der Waals surface area (Å²) in [6.45, 7) is 0. The van der Waals surface area contributed by atoms with E-state index in [9.17, 15) is 13.2 Å². The second-order valence-electron chi connectivity index (χ2n) is 6.53. The summed E-state index contributed by atoms with van der Waals surface area (Å²) in [4.78, 5) is 16.7. The molecular formula is C21H18N2O3S2. The van der Waals surface area contributed by atoms with E-state index in [2.05, 4.69) is 10.3 Å². The molecule has 4 rings (SSSR count). The molecule has 0 unspecified atom stereocenters. The van der Waals surface area contributed by atoms with Crippen molar-refractivity contribution in [2.24, 2.45) is 0 Å². The molecule has 3 aromatic carbocycles. The number of benzene rings is 3. The first-order valence-electron chi connectivity index (χ1n) is 8.83. The van der Waals surface area contributed by atoms with Crippen LogP contribution in [0, 0.1) is 0 Å². The SMILES string of the molecule is O=C(CCS(=O)(=O)Cc1ccccc1)Nc1nc2ccc3ccccc3c2s1. The Morgan fingerprint density at radius 3 is 2.54 bits per heavy atom. The second kappa shape index (κ2) is 7.69. The first-order valence-corrected chi connectivity index (χ1v) is 11.5. The van der Waals surface area contributed by atoms with Gasteiger partial charge in [-0.3, -0.25) is 4.79 Å². The lowest BCUT2D eigenvalue weighted by molar-refractivity contribution is -0.115. The highest BCUT2D eigenvalue weighted by atomic mass is 32.2. The standard InChI is InChI=1S/C21H18N2O3S2/c24-19(12-13-28(25,26)14-15-6-2-1-3-7-15)23-21-22-18-11-10-16-8-4-5-9-17(16)20(18)27-21/h1-11H,12-14H2,(H,22,23,24). The minimum absolute atomic E-state index is 0.0613. The number of carbonyl (C=O) groups excluding carboxylic acids is 1. The molecule has 1 N–H and O–H groups in total. The van der Waals surface area contributed by atoms with Crippen molar-refractivity contribution in [2.75, 3.05) is 11.1 Å². The van der Waals surface area contributed by atoms with E-state index >= 15 is 0 Å². The molecule has 1 heterocycles. The zero-order valence-electron chi connectivity index (χ0n) is 15.0. The zero-order valence-corrected chi connectivity index (χ0v) is 16.6. The van der Waals surface area contributed by atoms with Gasteiger partial charge in [0.1, 0.15) is 0 Å². The number of hydrogen-bond donors (Lipinski definition) is 1. The molecular weight excluding hydrogens is 392 g/mol. The normalized spacial score (nSPS) is 11.7. The predicted octanol–water partition coefficient (Wildman–Crippen LogP) is 4.39. The van der Waals surface area contributed by atoms with Gasteiger partial charge in [0, 0.05) is 11.8 Å². The van der Waals surface area contributed by atoms with Gasteiger partial charge >= 0.3 is 0 Å². The fraction of sp³-hybridized carbons (Fsp3) is 0.143. The molecule has 0 aliphatic heterocycles. The highest BCUT2D eigenvalue weighted by molar-refractivity contribution is 7.90. The average Bonchev–Trinajstić information content (AvgIpc) is 3.10. The Morgan fingerprint density at radius 2 is 1.71 bits per heavy atom. The highest BCUT2D eigenvalue weighted by Crippen LogP contribution is 2.32. The van der Waals surface area contributed by atoms with Crippen LogP contribution in [0.5, 0.6) is 0 Å². The third kappa shape index (κ3) is 4.21. The molecule has 0 spiro atoms. The molecule has 0 aliphatic rings. The molecule has 0 saturated heterocycles. The third-order valence-corrected chi connectivity index (χ3v) is 7.01. The van der Waals surface area contributed by atoms with Crippen LogP contribution in [0.4, 0.5) is 5.13 Å². The van der Waals surface area contributed by atoms with E-state index in [0.717, 1.165) is 26.6 Å². The van der Waals surface area contributed by atoms with Crippen molar-refractivity contribution in [1.82, 2.24) is 4.98 Å². The van der Waals surface area contributed by atoms with Gasteiger partial charge in [0.25, 0.3) is 0 Å². The minimum Gasteiger partial charge on any atom is -0.302 e. The van der Waals surface area contributed by atoms with Crippen molar-refractivity contribution in [3.8, 4) is 0 Å². The molecule has 0 aliphatic carbocycles. The summed E-state index contributed by atoms with van der Waals surface area (Å²) in [6.07, 6.45) is -0.0914. The Morgan fingerprint density at radius 1 is 0.964 bits per heavy atom. The molecule has 1 aromatic heterocycles. The maximum Gasteiger partial charge on any atom is 0.227 e. The minimum atomic E-state index is -3.35. The van der Waals surface area contributed by atoms with Crippen molar-refractivity contribution in [1.29, 1.82) is 0 Å². The van der Waals surface area contributed by atoms with Crippen LogP contribution in [0.15, 0.2) is 66.7 Å². The lowest BCUT2D eigenvalue weighted by Gasteiger charge is -2.04. The Hall–Kier alpha value is -2.77. The van der Waals surface area contributed by atoms with E-state index in [0.29, 0.717) is 5.13 Å². The summed E-state index contributed by atoms with van der Waals surface area (Å²) in [5, 5.41) is 5.42. The van der Waals surface area contributed by atoms with Crippen LogP contribution >= 0.6 is 11.3 Å². The van der Waals surface area contributed by atoms with Gasteiger partial charge in [-0.15, -0.1) is 0 Å². The van der Waals surface area contributed by atoms with Crippen LogP contribution in [0.3, 0.4) is 0 Å². The van der Waals surface area contributed by atoms with Crippen LogP contribution in [-0.4, -0.2) is 25.1 Å². The number of hydrogen-bond acceptors (Lipinski definition) is 5. The first kappa shape index (κ1) is 18.6. The molecule has 4 aromatic rings. The molecule has 7 heteroatoms. The zero-order chi connectivity index (χ0) is 19.6. The fourth-order valence-corrected chi connectivity index (χ4v) is 5.40. The number of aromatic nitrogens is 1. The number of anilines is 1. The molecule has 0 bridgehead atoms. The van der Waals surface area contributed by atoms with Gasteiger partial charge in [0.05, 0.1) is 21.7 Å². The Balaban J connectivity index is 1.43. The van der Waals surface area contributed by atoms with Crippen LogP contribution in [-0.2, 0) is 20.4 Å². The number of nitrogens with one attached hydrogen (secondary N) is 1. The predicted molar refractivity (Wildman–Crippen MR) is 114 cm³/mol. The van der Waals surface area contributed by atoms with Gasteiger partial charge in [-0.1, -0.05) is 72.0 Å². The van der Waals surface area contributed by atoms with Crippen molar-refractivity contribution in [3.05, 3.63) is 72.3 Å². The molecule has 0 atom stereocenters. The number of thiazole rings is 1. The number of nitrogens with zero attached hydrogens (tertiary/aromatic N) is 1. The molecule has 0 saturated carbocycles. The van der Waals surface area contributed by atoms with Crippen molar-refractivity contribution < 1.29 is 13.2 Å². The maximum atomic E-state index is 12.3. The van der Waals surface area contributed by atoms with E-state index < -0.39 is 9.84 Å². The van der Waals surface area contributed by atoms with Gasteiger partial charge in [0.2, 0.25) is 5.91 Å². The second-order valence-corrected chi connectivity index (χ2v) is 9.71. The third-order valence-electron chi connectivity index (χ3n) is 4.40. The topological polar surface area (TPSA) is 76.1 Å². The summed E-state index contributed by atoms with van der Waals surface area (Å²) >= 11 is 1.40. The summed E-state index contributed by atoms with van der Waals surface area (Å²) in [6, 6.07) is 20.9. The van der Waals surface area contributed by atoms with Crippen LogP contribution < -0.4 is 5.32 Å². The van der Waals surface area contributed by atoms with Gasteiger partial charge in [-0.25, -0.2) is 13.4 Å². The van der Waals surface area contributed by atoms with Crippen LogP contribution in [0.2, 0.25) is 0 Å². The van der Waals surface area contributed by atoms with Crippen molar-refractivity contribution in [3.63, 3.8) is 0 Å². The Bertz CT molecular complexity index is 1250. The van der Waals surface area contributed by atoms with E-state index in [-0.39, 0.29) is 23.8 Å². The van der Waals surface area contributed by atoms with Crippen LogP contribution in [0.25, 0.3) is 21.0 Å². The smallest absolute Gasteiger partial charge is 0.227 e. The summed E-state index contributed by atoms with van der Waals surface area (Å²) in [5.74, 6) is -0.601. The first-order chi connectivity index (χ1) is 13.5. The Kier molecular flexibility index (Phi) is 5.11. The Labute approximate surface area is 167 Å². The fourth-order valence-electron chi connectivity index (χ4n) is 3.04. The summed E-state index contributed by atoms with van der Waals surface area (Å²) in [5.41, 5.74) is 1.54. The molecule has 0 fully saturated rings. The number of rotatable bonds is 6. The number of amides is 1. The van der Waals surface area contributed by atoms with Crippen LogP contribution in [0.1, 0.15) is 12.0 Å². The molecule has 142 valence electrons. The molecule has 5 nitrogen and oxygen atoms in total. The van der Waals surface area contributed by atoms with E-state index in [4.69, 9.17) is 0 Å². The largest absolute Gasteiger partial charge is 0.302 e. The van der Waals surface area contributed by atoms with E-state index in [1.807, 2.05) is 42.5 Å². The summed E-state index contributed by atoms with van der Waals surface area (Å²) in [7, 11) is -3.35. The van der Waals surface area contributed by atoms with Crippen molar-refractivity contribution in [2.45, 2.75) is 12.2 Å². The van der Waals surface area contributed by atoms with Gasteiger partial charge in [-0.2, -0.15) is 0 Å². The van der Waals surface area contributed by atoms with Gasteiger partial charge < -0.3 is 5.32 Å². The quantitative estimate of drug-likeness (QED) is 0.511. The monoisotopic (exact) mass is 410 g/mol. The number of fused-ring (bicyclic) bond motifs is 3. The van der Waals surface area contributed by atoms with Crippen molar-refractivity contribution >= 4 is 53.2 Å². The lowest BCUT2D eigenvalue weighted by Crippen LogP contribution is -2.18. The van der Waals surface area contributed by atoms with Gasteiger partial charge in [0.15, 0.2) is 15.0 Å². The van der Waals surface area contributed by atoms with E-state index in [1.54, 1.807) is 24.3 Å². The van der Waals surface area contributed by atoms with E-state index in [1.165, 1.54) is 11.3 Å². The maximum absolute atomic E-state index is 12.3. The molecule has 28 heavy (non-hydrogen) atoms.